The molecule has 5 aromatic rings. The van der Waals surface area contributed by atoms with E-state index < -0.39 is 142 Å². The predicted molar refractivity (Wildman–Crippen MR) is 247 cm³/mol. The molecule has 7 heterocycles. The fraction of sp³-hybridized carbons (Fsp3) is 0.550. The molecule has 79 heavy (non-hydrogen) atoms. The van der Waals surface area contributed by atoms with Crippen LogP contribution in [0.25, 0.3) is 22.3 Å². The second-order valence-electron chi connectivity index (χ2n) is 16.9. The number of hydrogen-bond acceptors (Lipinski definition) is 25. The number of nitrogen functional groups attached to an aromatic ring is 2. The number of nitrogens with two attached hydrogens (primary N) is 2. The monoisotopic (exact) mass is 1180 g/mol. The van der Waals surface area contributed by atoms with Gasteiger partial charge < -0.3 is 69.6 Å². The molecule has 3 aliphatic rings. The molecule has 8 rings (SSSR count). The first-order valence-corrected chi connectivity index (χ1v) is 26.3. The number of carbonyl (C=O) groups is 2. The molecule has 0 bridgehead atoms. The zero-order chi connectivity index (χ0) is 56.8. The number of aromatic nitrogens is 8. The number of rotatable bonds is 22. The molecule has 3 fully saturated rings. The molecule has 1 amide bonds. The molecule has 10 N–H and O–H groups in total. The number of halogens is 5. The van der Waals surface area contributed by atoms with Crippen molar-refractivity contribution in [1.82, 2.24) is 44.4 Å². The Bertz CT molecular complexity index is 3200. The number of hydrogen-bond donors (Lipinski definition) is 8. The van der Waals surface area contributed by atoms with E-state index in [1.54, 1.807) is 0 Å². The Morgan fingerprint density at radius 3 is 1.58 bits per heavy atom. The van der Waals surface area contributed by atoms with Crippen LogP contribution in [0.3, 0.4) is 0 Å². The Morgan fingerprint density at radius 2 is 1.08 bits per heavy atom. The van der Waals surface area contributed by atoms with Crippen molar-refractivity contribution in [3.05, 3.63) is 62.4 Å². The van der Waals surface area contributed by atoms with Crippen molar-refractivity contribution in [2.75, 3.05) is 90.7 Å². The van der Waals surface area contributed by atoms with E-state index >= 15 is 0 Å². The third-order valence-corrected chi connectivity index (χ3v) is 13.5. The van der Waals surface area contributed by atoms with E-state index in [0.717, 1.165) is 21.8 Å². The number of aliphatic hydroxyl groups excluding tert-OH is 1. The largest absolute Gasteiger partial charge is 0.472 e. The van der Waals surface area contributed by atoms with E-state index in [1.165, 1.54) is 0 Å². The number of esters is 1. The van der Waals surface area contributed by atoms with Gasteiger partial charge in [-0.25, -0.2) is 32.3 Å². The maximum absolute atomic E-state index is 13.8. The molecule has 6 unspecified atom stereocenters. The Kier molecular flexibility index (Phi) is 19.2. The Morgan fingerprint density at radius 1 is 0.658 bits per heavy atom. The van der Waals surface area contributed by atoms with Crippen LogP contribution in [-0.2, 0) is 70.0 Å². The lowest BCUT2D eigenvalue weighted by Gasteiger charge is -2.29. The van der Waals surface area contributed by atoms with E-state index in [1.807, 2.05) is 0 Å². The third kappa shape index (κ3) is 14.1. The number of benzene rings is 1. The molecule has 0 radical (unpaired) electrons. The van der Waals surface area contributed by atoms with Crippen LogP contribution in [-0.4, -0.2) is 182 Å². The number of fused-ring (bicyclic) bond motifs is 4. The van der Waals surface area contributed by atoms with Gasteiger partial charge in [-0.1, -0.05) is 0 Å². The van der Waals surface area contributed by atoms with Crippen molar-refractivity contribution in [1.29, 1.82) is 0 Å². The normalized spacial score (nSPS) is 26.4. The van der Waals surface area contributed by atoms with E-state index in [4.69, 9.17) is 62.7 Å². The summed E-state index contributed by atoms with van der Waals surface area (Å²) in [5.74, 6) is -16.0. The number of phosphoric acid groups is 2. The summed E-state index contributed by atoms with van der Waals surface area (Å²) in [6.07, 6.45) is -10.6. The highest BCUT2D eigenvalue weighted by molar-refractivity contribution is 7.47. The molecule has 0 aliphatic carbocycles. The van der Waals surface area contributed by atoms with Crippen LogP contribution in [0.2, 0.25) is 0 Å². The lowest BCUT2D eigenvalue weighted by molar-refractivity contribution is -0.136. The zero-order valence-corrected chi connectivity index (χ0v) is 42.3. The average Bonchev–Trinajstić information content (AvgIpc) is 4.30. The summed E-state index contributed by atoms with van der Waals surface area (Å²) in [6, 6.07) is -1.53. The van der Waals surface area contributed by atoms with E-state index in [2.05, 4.69) is 40.0 Å². The Balaban J connectivity index is 0.791. The van der Waals surface area contributed by atoms with E-state index in [-0.39, 0.29) is 107 Å². The van der Waals surface area contributed by atoms with Crippen LogP contribution in [0.4, 0.5) is 33.8 Å². The summed E-state index contributed by atoms with van der Waals surface area (Å²) in [4.78, 5) is 93.3. The van der Waals surface area contributed by atoms with Crippen molar-refractivity contribution >= 4 is 61.7 Å². The Hall–Kier alpha value is -5.99. The summed E-state index contributed by atoms with van der Waals surface area (Å²) in [6.45, 7) is -1.79. The fourth-order valence-electron chi connectivity index (χ4n) is 7.97. The zero-order valence-electron chi connectivity index (χ0n) is 40.5. The number of H-pyrrole nitrogens is 2. The minimum absolute atomic E-state index is 0.0100. The molecule has 3 saturated heterocycles. The summed E-state index contributed by atoms with van der Waals surface area (Å²) < 4.78 is 161. The molecular weight excluding hydrogens is 1130 g/mol. The van der Waals surface area contributed by atoms with Gasteiger partial charge in [0.15, 0.2) is 34.8 Å². The van der Waals surface area contributed by atoms with Gasteiger partial charge in [-0.05, 0) is 0 Å². The van der Waals surface area contributed by atoms with E-state index in [0.29, 0.717) is 0 Å². The minimum Gasteiger partial charge on any atom is -0.420 e. The van der Waals surface area contributed by atoms with Crippen LogP contribution in [0.5, 0.6) is 5.75 Å². The van der Waals surface area contributed by atoms with Gasteiger partial charge in [0.1, 0.15) is 36.6 Å². The van der Waals surface area contributed by atoms with Crippen LogP contribution >= 0.6 is 15.6 Å². The SMILES string of the molecule is Nc1nc2c(ncn2[C@@H]2O[C@@H]3COP(=O)(O)OC4C(NC(=O)CCOCCOCCOCCOCCOCCC(=O)Oc5c(F)c(F)c(F)c(F)c5F)[C@H](n5cnc6c(=O)[nH]c(N)nc65)O[C@@H]4COP(=O)(O)OC3C2O)c(=O)[nH]1. The number of imidazole rings is 2. The molecule has 32 nitrogen and oxygen atoms in total. The summed E-state index contributed by atoms with van der Waals surface area (Å²) in [5, 5.41) is 14.0. The van der Waals surface area contributed by atoms with Crippen molar-refractivity contribution in [3.63, 3.8) is 0 Å². The Labute approximate surface area is 437 Å². The maximum Gasteiger partial charge on any atom is 0.472 e. The van der Waals surface area contributed by atoms with Crippen LogP contribution in [0, 0.1) is 29.1 Å². The standard InChI is InChI=1S/C40H48F5N11O21P2/c41-21-22(42)24(44)32(25(45)23(21)43)75-20(58)2-4-67-6-8-69-10-12-70-11-9-68-7-5-66-3-1-19(57)50-26-30-17(73-37(26)55-15-48-27-33(55)51-39(46)53-35(27)60)13-71-79(64,65)77-31-18(14-72-78(62,63)76-30)74-38(29(31)59)56-16-49-28-34(56)52-40(47)54-36(28)61/h15-18,26,29-31,37-38,59H,1-14H2,(H,50,57)(H,62,63)(H,64,65)(H3,46,51,53,60)(H3,47,52,54,61)/t17-,18-,26?,29?,30?,31?,37-,38-/m1/s1. The van der Waals surface area contributed by atoms with E-state index in [9.17, 15) is 65.2 Å². The number of nitrogens with zero attached hydrogens (tertiary/aromatic N) is 6. The number of carbonyl (C=O) groups excluding carboxylic acids is 2. The molecule has 4 aromatic heterocycles. The van der Waals surface area contributed by atoms with Crippen LogP contribution < -0.4 is 32.6 Å². The number of amides is 1. The molecule has 434 valence electrons. The van der Waals surface area contributed by atoms with Crippen LogP contribution in [0.1, 0.15) is 25.3 Å². The van der Waals surface area contributed by atoms with Crippen molar-refractivity contribution in [2.24, 2.45) is 0 Å². The average molecular weight is 1180 g/mol. The number of anilines is 2. The quantitative estimate of drug-likeness (QED) is 0.00803. The molecular formula is C40H48F5N11O21P2. The molecule has 1 aromatic carbocycles. The summed E-state index contributed by atoms with van der Waals surface area (Å²) in [7, 11) is -10.6. The predicted octanol–water partition coefficient (Wildman–Crippen LogP) is -0.760. The lowest BCUT2D eigenvalue weighted by atomic mass is 10.1. The molecule has 0 saturated carbocycles. The van der Waals surface area contributed by atoms with Crippen molar-refractivity contribution in [2.45, 2.75) is 61.9 Å². The van der Waals surface area contributed by atoms with Gasteiger partial charge in [0.05, 0.1) is 98.4 Å². The van der Waals surface area contributed by atoms with Crippen molar-refractivity contribution in [3.8, 4) is 5.75 Å². The molecule has 10 atom stereocenters. The minimum atomic E-state index is -5.31. The smallest absolute Gasteiger partial charge is 0.420 e. The summed E-state index contributed by atoms with van der Waals surface area (Å²) >= 11 is 0. The first-order valence-electron chi connectivity index (χ1n) is 23.3. The topological polar surface area (TPSA) is 431 Å². The highest BCUT2D eigenvalue weighted by Gasteiger charge is 2.55. The number of aliphatic hydroxyl groups is 1. The first-order chi connectivity index (χ1) is 37.6. The number of aromatic amines is 2. The fourth-order valence-corrected chi connectivity index (χ4v) is 9.90. The van der Waals surface area contributed by atoms with Gasteiger partial charge in [-0.15, -0.1) is 0 Å². The van der Waals surface area contributed by atoms with Gasteiger partial charge >= 0.3 is 21.6 Å². The van der Waals surface area contributed by atoms with Gasteiger partial charge in [0.2, 0.25) is 52.6 Å². The number of nitrogens with one attached hydrogen (secondary N) is 3. The molecule has 3 aliphatic heterocycles. The van der Waals surface area contributed by atoms with Gasteiger partial charge in [-0.2, -0.15) is 18.7 Å². The van der Waals surface area contributed by atoms with Gasteiger partial charge in [0, 0.05) is 6.42 Å². The number of ether oxygens (including phenoxy) is 8. The third-order valence-electron chi connectivity index (χ3n) is 11.5. The summed E-state index contributed by atoms with van der Waals surface area (Å²) in [5.41, 5.74) is 9.19. The highest BCUT2D eigenvalue weighted by Crippen LogP contribution is 2.54. The number of phosphoric ester groups is 2. The second kappa shape index (κ2) is 25.6. The van der Waals surface area contributed by atoms with Crippen molar-refractivity contribution < 1.29 is 112 Å². The lowest BCUT2D eigenvalue weighted by Crippen LogP contribution is -2.48. The molecule has 39 heteroatoms. The highest BCUT2D eigenvalue weighted by atomic mass is 31.2. The first kappa shape index (κ1) is 59.1. The van der Waals surface area contributed by atoms with Crippen LogP contribution in [0.15, 0.2) is 22.2 Å². The molecule has 0 spiro atoms. The maximum atomic E-state index is 13.8. The second-order valence-corrected chi connectivity index (χ2v) is 19.7. The van der Waals surface area contributed by atoms with Gasteiger partial charge in [-0.3, -0.25) is 56.4 Å². The van der Waals surface area contributed by atoms with Gasteiger partial charge in [0.25, 0.3) is 11.1 Å².